The molecule has 2 rings (SSSR count). The highest BCUT2D eigenvalue weighted by Gasteiger charge is 2.17. The summed E-state index contributed by atoms with van der Waals surface area (Å²) < 4.78 is 1.16. The van der Waals surface area contributed by atoms with Gasteiger partial charge < -0.3 is 5.84 Å². The third-order valence-corrected chi connectivity index (χ3v) is 3.07. The van der Waals surface area contributed by atoms with Crippen molar-refractivity contribution in [3.8, 4) is 6.07 Å². The van der Waals surface area contributed by atoms with Gasteiger partial charge in [-0.25, -0.2) is 4.68 Å². The smallest absolute Gasteiger partial charge is 0.284 e. The van der Waals surface area contributed by atoms with E-state index < -0.39 is 4.92 Å². The van der Waals surface area contributed by atoms with Gasteiger partial charge in [-0.1, -0.05) is 0 Å². The number of rotatable bonds is 3. The molecule has 0 unspecified atom stereocenters. The summed E-state index contributed by atoms with van der Waals surface area (Å²) in [6.45, 7) is 0. The monoisotopic (exact) mass is 262 g/mol. The van der Waals surface area contributed by atoms with E-state index in [2.05, 4.69) is 10.2 Å². The van der Waals surface area contributed by atoms with Crippen LogP contribution >= 0.6 is 11.8 Å². The molecule has 0 bridgehead atoms. The van der Waals surface area contributed by atoms with Crippen LogP contribution in [0.3, 0.4) is 0 Å². The quantitative estimate of drug-likeness (QED) is 0.495. The molecular weight excluding hydrogens is 256 g/mol. The van der Waals surface area contributed by atoms with Crippen LogP contribution in [0, 0.1) is 21.4 Å². The molecule has 0 aliphatic heterocycles. The Labute approximate surface area is 105 Å². The van der Waals surface area contributed by atoms with E-state index in [9.17, 15) is 10.1 Å². The average Bonchev–Trinajstić information content (AvgIpc) is 2.75. The molecule has 0 spiro atoms. The number of nitrogens with zero attached hydrogens (tertiary/aromatic N) is 5. The standard InChI is InChI=1S/C9H6N6O2S/c10-4-6-1-2-8(7(3-6)15(16)17)18-9-13-12-5-14(9)11/h1-3,5H,11H2. The Kier molecular flexibility index (Phi) is 3.11. The summed E-state index contributed by atoms with van der Waals surface area (Å²) in [5.41, 5.74) is 0.0577. The molecule has 0 aliphatic rings. The van der Waals surface area contributed by atoms with Gasteiger partial charge in [-0.2, -0.15) is 5.26 Å². The fourth-order valence-electron chi connectivity index (χ4n) is 1.22. The Morgan fingerprint density at radius 2 is 2.33 bits per heavy atom. The van der Waals surface area contributed by atoms with Crippen molar-refractivity contribution in [3.63, 3.8) is 0 Å². The molecule has 2 N–H and O–H groups in total. The van der Waals surface area contributed by atoms with Gasteiger partial charge in [0.1, 0.15) is 6.33 Å². The summed E-state index contributed by atoms with van der Waals surface area (Å²) in [6, 6.07) is 6.03. The van der Waals surface area contributed by atoms with Crippen molar-refractivity contribution in [2.24, 2.45) is 0 Å². The minimum atomic E-state index is -0.555. The Morgan fingerprint density at radius 1 is 1.56 bits per heavy atom. The third kappa shape index (κ3) is 2.23. The summed E-state index contributed by atoms with van der Waals surface area (Å²) in [4.78, 5) is 10.7. The largest absolute Gasteiger partial charge is 0.336 e. The van der Waals surface area contributed by atoms with E-state index in [1.165, 1.54) is 24.5 Å². The van der Waals surface area contributed by atoms with E-state index in [1.54, 1.807) is 0 Å². The van der Waals surface area contributed by atoms with E-state index in [0.717, 1.165) is 16.4 Å². The lowest BCUT2D eigenvalue weighted by atomic mass is 10.2. The molecule has 0 fully saturated rings. The third-order valence-electron chi connectivity index (χ3n) is 2.03. The maximum atomic E-state index is 10.9. The lowest BCUT2D eigenvalue weighted by molar-refractivity contribution is -0.387. The van der Waals surface area contributed by atoms with Crippen molar-refractivity contribution in [2.75, 3.05) is 5.84 Å². The molecule has 1 aromatic heterocycles. The summed E-state index contributed by atoms with van der Waals surface area (Å²) in [5, 5.41) is 27.2. The number of nitro benzene ring substituents is 1. The lowest BCUT2D eigenvalue weighted by Crippen LogP contribution is -2.07. The number of nitro groups is 1. The highest BCUT2D eigenvalue weighted by Crippen LogP contribution is 2.33. The zero-order valence-corrected chi connectivity index (χ0v) is 9.66. The highest BCUT2D eigenvalue weighted by atomic mass is 32.2. The maximum absolute atomic E-state index is 10.9. The molecule has 0 saturated carbocycles. The predicted molar refractivity (Wildman–Crippen MR) is 62.1 cm³/mol. The minimum Gasteiger partial charge on any atom is -0.336 e. The van der Waals surface area contributed by atoms with Crippen LogP contribution in [0.5, 0.6) is 0 Å². The second-order valence-electron chi connectivity index (χ2n) is 3.17. The van der Waals surface area contributed by atoms with Crippen molar-refractivity contribution in [1.29, 1.82) is 5.26 Å². The van der Waals surface area contributed by atoms with Crippen LogP contribution in [0.15, 0.2) is 34.6 Å². The van der Waals surface area contributed by atoms with E-state index in [4.69, 9.17) is 11.1 Å². The predicted octanol–water partition coefficient (Wildman–Crippen LogP) is 0.923. The molecule has 1 heterocycles. The molecule has 0 atom stereocenters. The van der Waals surface area contributed by atoms with E-state index in [0.29, 0.717) is 10.1 Å². The minimum absolute atomic E-state index is 0.165. The Hall–Kier alpha value is -2.60. The van der Waals surface area contributed by atoms with Crippen LogP contribution < -0.4 is 5.84 Å². The number of aromatic nitrogens is 3. The van der Waals surface area contributed by atoms with E-state index in [-0.39, 0.29) is 11.3 Å². The van der Waals surface area contributed by atoms with Crippen LogP contribution in [-0.4, -0.2) is 19.8 Å². The Bertz CT molecular complexity index is 647. The van der Waals surface area contributed by atoms with Crippen LogP contribution in [0.2, 0.25) is 0 Å². The first-order valence-corrected chi connectivity index (χ1v) is 5.45. The lowest BCUT2D eigenvalue weighted by Gasteiger charge is -2.02. The number of benzene rings is 1. The van der Waals surface area contributed by atoms with Crippen molar-refractivity contribution >= 4 is 17.4 Å². The number of nitriles is 1. The second kappa shape index (κ2) is 4.72. The first-order chi connectivity index (χ1) is 8.61. The van der Waals surface area contributed by atoms with Crippen LogP contribution in [-0.2, 0) is 0 Å². The second-order valence-corrected chi connectivity index (χ2v) is 4.18. The van der Waals surface area contributed by atoms with Crippen LogP contribution in [0.1, 0.15) is 5.56 Å². The molecule has 18 heavy (non-hydrogen) atoms. The summed E-state index contributed by atoms with van der Waals surface area (Å²) >= 11 is 1.01. The van der Waals surface area contributed by atoms with E-state index >= 15 is 0 Å². The maximum Gasteiger partial charge on any atom is 0.284 e. The molecule has 90 valence electrons. The van der Waals surface area contributed by atoms with Gasteiger partial charge in [0.2, 0.25) is 5.16 Å². The van der Waals surface area contributed by atoms with Crippen molar-refractivity contribution in [2.45, 2.75) is 10.1 Å². The normalized spacial score (nSPS) is 9.94. The van der Waals surface area contributed by atoms with Gasteiger partial charge in [0.05, 0.1) is 21.5 Å². The molecule has 2 aromatic rings. The summed E-state index contributed by atoms with van der Waals surface area (Å²) in [6.07, 6.45) is 1.29. The number of nitrogen functional groups attached to an aromatic ring is 1. The van der Waals surface area contributed by atoms with Gasteiger partial charge in [-0.15, -0.1) is 10.2 Å². The number of hydrogen-bond acceptors (Lipinski definition) is 7. The van der Waals surface area contributed by atoms with Crippen LogP contribution in [0.25, 0.3) is 0 Å². The molecule has 0 saturated heterocycles. The van der Waals surface area contributed by atoms with E-state index in [1.807, 2.05) is 6.07 Å². The zero-order valence-electron chi connectivity index (χ0n) is 8.85. The zero-order chi connectivity index (χ0) is 13.1. The van der Waals surface area contributed by atoms with Crippen molar-refractivity contribution in [1.82, 2.24) is 14.9 Å². The first kappa shape index (κ1) is 11.9. The SMILES string of the molecule is N#Cc1ccc(Sc2nncn2N)c([N+](=O)[O-])c1. The molecule has 0 radical (unpaired) electrons. The topological polar surface area (TPSA) is 124 Å². The van der Waals surface area contributed by atoms with Gasteiger partial charge in [0.25, 0.3) is 5.69 Å². The van der Waals surface area contributed by atoms with Gasteiger partial charge in [0.15, 0.2) is 0 Å². The fourth-order valence-corrected chi connectivity index (χ4v) is 2.03. The van der Waals surface area contributed by atoms with Gasteiger partial charge >= 0.3 is 0 Å². The fraction of sp³-hybridized carbons (Fsp3) is 0. The summed E-state index contributed by atoms with van der Waals surface area (Å²) in [7, 11) is 0. The molecule has 0 amide bonds. The Morgan fingerprint density at radius 3 is 2.89 bits per heavy atom. The van der Waals surface area contributed by atoms with Crippen molar-refractivity contribution < 1.29 is 4.92 Å². The first-order valence-electron chi connectivity index (χ1n) is 4.63. The van der Waals surface area contributed by atoms with Gasteiger partial charge in [-0.05, 0) is 23.9 Å². The average molecular weight is 262 g/mol. The van der Waals surface area contributed by atoms with Gasteiger partial charge in [-0.3, -0.25) is 10.1 Å². The molecule has 1 aromatic carbocycles. The molecule has 8 nitrogen and oxygen atoms in total. The van der Waals surface area contributed by atoms with Crippen molar-refractivity contribution in [3.05, 3.63) is 40.2 Å². The highest BCUT2D eigenvalue weighted by molar-refractivity contribution is 7.99. The Balaban J connectivity index is 2.42. The number of nitrogens with two attached hydrogens (primary N) is 1. The molecule has 0 aliphatic carbocycles. The molecule has 9 heteroatoms. The molecular formula is C9H6N6O2S. The summed E-state index contributed by atoms with van der Waals surface area (Å²) in [5.74, 6) is 5.52. The number of hydrogen-bond donors (Lipinski definition) is 1. The van der Waals surface area contributed by atoms with Crippen LogP contribution in [0.4, 0.5) is 5.69 Å². The van der Waals surface area contributed by atoms with Gasteiger partial charge in [0, 0.05) is 6.07 Å².